The fourth-order valence-corrected chi connectivity index (χ4v) is 4.03. The summed E-state index contributed by atoms with van der Waals surface area (Å²) in [7, 11) is 5.57. The second-order valence-corrected chi connectivity index (χ2v) is 8.15. The highest BCUT2D eigenvalue weighted by Gasteiger charge is 2.28. The third-order valence-electron chi connectivity index (χ3n) is 5.56. The Morgan fingerprint density at radius 1 is 1.32 bits per heavy atom. The molecular formula is C22H25ClN6O2. The van der Waals surface area contributed by atoms with E-state index in [9.17, 15) is 4.79 Å². The lowest BCUT2D eigenvalue weighted by Gasteiger charge is -2.28. The maximum Gasteiger partial charge on any atom is 0.222 e. The van der Waals surface area contributed by atoms with Gasteiger partial charge in [0.1, 0.15) is 17.1 Å². The Bertz CT molecular complexity index is 1160. The molecule has 1 aromatic carbocycles. The van der Waals surface area contributed by atoms with Gasteiger partial charge in [-0.05, 0) is 25.0 Å². The van der Waals surface area contributed by atoms with Crippen molar-refractivity contribution in [3.8, 4) is 17.1 Å². The van der Waals surface area contributed by atoms with Crippen molar-refractivity contribution in [2.24, 2.45) is 11.7 Å². The molecule has 4 rings (SSSR count). The smallest absolute Gasteiger partial charge is 0.222 e. The Morgan fingerprint density at radius 2 is 2.10 bits per heavy atom. The number of allylic oxidation sites excluding steroid dienone is 1. The number of nitrogens with zero attached hydrogens (tertiary/aromatic N) is 3. The summed E-state index contributed by atoms with van der Waals surface area (Å²) in [4.78, 5) is 26.3. The first-order chi connectivity index (χ1) is 14.9. The van der Waals surface area contributed by atoms with Crippen molar-refractivity contribution in [1.82, 2.24) is 15.0 Å². The number of anilines is 2. The van der Waals surface area contributed by atoms with E-state index in [-0.39, 0.29) is 17.9 Å². The third kappa shape index (κ3) is 4.03. The number of imidazole rings is 1. The van der Waals surface area contributed by atoms with Gasteiger partial charge >= 0.3 is 0 Å². The molecule has 0 saturated heterocycles. The maximum absolute atomic E-state index is 11.9. The van der Waals surface area contributed by atoms with Crippen LogP contribution in [0, 0.1) is 5.92 Å². The molecule has 2 heterocycles. The highest BCUT2D eigenvalue weighted by Crippen LogP contribution is 2.36. The van der Waals surface area contributed by atoms with E-state index in [1.54, 1.807) is 13.3 Å². The molecule has 0 aliphatic heterocycles. The molecule has 0 saturated carbocycles. The number of rotatable bonds is 6. The molecule has 2 unspecified atom stereocenters. The number of amides is 1. The van der Waals surface area contributed by atoms with Gasteiger partial charge in [-0.25, -0.2) is 9.97 Å². The zero-order valence-electron chi connectivity index (χ0n) is 17.6. The van der Waals surface area contributed by atoms with Gasteiger partial charge in [-0.15, -0.1) is 0 Å². The predicted octanol–water partition coefficient (Wildman–Crippen LogP) is 3.58. The highest BCUT2D eigenvalue weighted by atomic mass is 35.5. The van der Waals surface area contributed by atoms with E-state index in [0.717, 1.165) is 11.3 Å². The van der Waals surface area contributed by atoms with Crippen LogP contribution in [0.15, 0.2) is 36.5 Å². The topological polar surface area (TPSA) is 109 Å². The molecule has 9 heteroatoms. The SMILES string of the molecule is COc1cc(N(C)C)ccc1-c1nc2ncc(Cl)c(NC3CC=CCC3C(N)=O)c2[nH]1. The van der Waals surface area contributed by atoms with Crippen LogP contribution in [-0.2, 0) is 4.79 Å². The summed E-state index contributed by atoms with van der Waals surface area (Å²) in [6.07, 6.45) is 6.85. The summed E-state index contributed by atoms with van der Waals surface area (Å²) in [6.45, 7) is 0. The van der Waals surface area contributed by atoms with Crippen LogP contribution in [0.4, 0.5) is 11.4 Å². The van der Waals surface area contributed by atoms with Gasteiger partial charge in [-0.3, -0.25) is 4.79 Å². The molecule has 1 aliphatic rings. The lowest BCUT2D eigenvalue weighted by atomic mass is 9.88. The largest absolute Gasteiger partial charge is 0.496 e. The van der Waals surface area contributed by atoms with Crippen molar-refractivity contribution >= 4 is 40.0 Å². The van der Waals surface area contributed by atoms with Crippen molar-refractivity contribution in [1.29, 1.82) is 0 Å². The number of carbonyl (C=O) groups excluding carboxylic acids is 1. The molecule has 2 atom stereocenters. The van der Waals surface area contributed by atoms with Crippen LogP contribution in [0.25, 0.3) is 22.6 Å². The lowest BCUT2D eigenvalue weighted by Crippen LogP contribution is -2.39. The van der Waals surface area contributed by atoms with Gasteiger partial charge in [0.25, 0.3) is 0 Å². The van der Waals surface area contributed by atoms with E-state index < -0.39 is 0 Å². The van der Waals surface area contributed by atoms with Crippen LogP contribution < -0.4 is 20.7 Å². The van der Waals surface area contributed by atoms with Crippen LogP contribution >= 0.6 is 11.6 Å². The summed E-state index contributed by atoms with van der Waals surface area (Å²) in [5.74, 6) is 0.659. The normalized spacial score (nSPS) is 18.2. The van der Waals surface area contributed by atoms with E-state index >= 15 is 0 Å². The number of hydrogen-bond donors (Lipinski definition) is 3. The highest BCUT2D eigenvalue weighted by molar-refractivity contribution is 6.34. The number of benzene rings is 1. The minimum absolute atomic E-state index is 0.161. The second kappa shape index (κ2) is 8.47. The average Bonchev–Trinajstić information content (AvgIpc) is 3.19. The standard InChI is InChI=1S/C22H25ClN6O2/c1-29(2)12-8-9-14(17(10-12)31-3)21-27-19-18(15(23)11-25-22(19)28-21)26-16-7-5-4-6-13(16)20(24)30/h4-5,8-11,13,16H,6-7H2,1-3H3,(H2,24,30)(H2,25,26,27,28). The summed E-state index contributed by atoms with van der Waals surface area (Å²) < 4.78 is 5.59. The number of carbonyl (C=O) groups is 1. The van der Waals surface area contributed by atoms with Gasteiger partial charge in [0.15, 0.2) is 5.65 Å². The van der Waals surface area contributed by atoms with Gasteiger partial charge in [-0.1, -0.05) is 23.8 Å². The van der Waals surface area contributed by atoms with Gasteiger partial charge in [0.05, 0.1) is 35.5 Å². The Morgan fingerprint density at radius 3 is 2.81 bits per heavy atom. The minimum Gasteiger partial charge on any atom is -0.496 e. The maximum atomic E-state index is 11.9. The Labute approximate surface area is 185 Å². The number of aromatic nitrogens is 3. The zero-order chi connectivity index (χ0) is 22.1. The molecule has 0 radical (unpaired) electrons. The van der Waals surface area contributed by atoms with Gasteiger partial charge < -0.3 is 25.7 Å². The predicted molar refractivity (Wildman–Crippen MR) is 124 cm³/mol. The molecule has 1 aliphatic carbocycles. The fraction of sp³-hybridized carbons (Fsp3) is 0.318. The number of nitrogens with one attached hydrogen (secondary N) is 2. The van der Waals surface area contributed by atoms with Gasteiger partial charge in [0, 0.05) is 31.9 Å². The van der Waals surface area contributed by atoms with E-state index in [1.165, 1.54) is 0 Å². The number of halogens is 1. The molecule has 31 heavy (non-hydrogen) atoms. The fourth-order valence-electron chi connectivity index (χ4n) is 3.83. The van der Waals surface area contributed by atoms with E-state index in [2.05, 4.69) is 20.3 Å². The Hall–Kier alpha value is -3.26. The van der Waals surface area contributed by atoms with Crippen LogP contribution in [0.1, 0.15) is 12.8 Å². The van der Waals surface area contributed by atoms with Crippen molar-refractivity contribution in [2.75, 3.05) is 31.4 Å². The molecule has 0 spiro atoms. The van der Waals surface area contributed by atoms with Crippen LogP contribution in [0.3, 0.4) is 0 Å². The summed E-state index contributed by atoms with van der Waals surface area (Å²) in [5, 5.41) is 3.85. The van der Waals surface area contributed by atoms with E-state index in [4.69, 9.17) is 22.1 Å². The van der Waals surface area contributed by atoms with Crippen LogP contribution in [0.5, 0.6) is 5.75 Å². The number of hydrogen-bond acceptors (Lipinski definition) is 6. The number of ether oxygens (including phenoxy) is 1. The van der Waals surface area contributed by atoms with Gasteiger partial charge in [-0.2, -0.15) is 0 Å². The van der Waals surface area contributed by atoms with Crippen molar-refractivity contribution in [3.05, 3.63) is 41.6 Å². The molecule has 0 bridgehead atoms. The average molecular weight is 441 g/mol. The zero-order valence-corrected chi connectivity index (χ0v) is 18.4. The molecule has 4 N–H and O–H groups in total. The number of H-pyrrole nitrogens is 1. The molecule has 162 valence electrons. The Balaban J connectivity index is 1.76. The summed E-state index contributed by atoms with van der Waals surface area (Å²) in [5.41, 5.74) is 9.27. The Kier molecular flexibility index (Phi) is 5.73. The first-order valence-electron chi connectivity index (χ1n) is 9.99. The third-order valence-corrected chi connectivity index (χ3v) is 5.84. The minimum atomic E-state index is -0.334. The first kappa shape index (κ1) is 21.0. The van der Waals surface area contributed by atoms with Crippen LogP contribution in [0.2, 0.25) is 5.02 Å². The number of methoxy groups -OCH3 is 1. The molecule has 8 nitrogen and oxygen atoms in total. The number of primary amides is 1. The van der Waals surface area contributed by atoms with Gasteiger partial charge in [0.2, 0.25) is 5.91 Å². The van der Waals surface area contributed by atoms with Crippen molar-refractivity contribution in [2.45, 2.75) is 18.9 Å². The van der Waals surface area contributed by atoms with Crippen molar-refractivity contribution < 1.29 is 9.53 Å². The first-order valence-corrected chi connectivity index (χ1v) is 10.4. The molecule has 3 aromatic rings. The van der Waals surface area contributed by atoms with Crippen LogP contribution in [-0.4, -0.2) is 48.1 Å². The summed E-state index contributed by atoms with van der Waals surface area (Å²) in [6, 6.07) is 5.74. The molecule has 0 fully saturated rings. The molecule has 2 aromatic heterocycles. The number of aromatic amines is 1. The quantitative estimate of drug-likeness (QED) is 0.505. The summed E-state index contributed by atoms with van der Waals surface area (Å²) >= 11 is 6.48. The monoisotopic (exact) mass is 440 g/mol. The molecular weight excluding hydrogens is 416 g/mol. The second-order valence-electron chi connectivity index (χ2n) is 7.75. The lowest BCUT2D eigenvalue weighted by molar-refractivity contribution is -0.122. The number of pyridine rings is 1. The molecule has 1 amide bonds. The van der Waals surface area contributed by atoms with E-state index in [1.807, 2.05) is 49.3 Å². The van der Waals surface area contributed by atoms with Crippen molar-refractivity contribution in [3.63, 3.8) is 0 Å². The van der Waals surface area contributed by atoms with E-state index in [0.29, 0.717) is 46.3 Å². The number of fused-ring (bicyclic) bond motifs is 1. The number of nitrogens with two attached hydrogens (primary N) is 1.